The lowest BCUT2D eigenvalue weighted by molar-refractivity contribution is -0.331. The third-order valence-corrected chi connectivity index (χ3v) is 8.64. The molecule has 0 aromatic rings. The fourth-order valence-corrected chi connectivity index (χ4v) is 5.27. The molecule has 0 amide bonds. The van der Waals surface area contributed by atoms with E-state index in [1.165, 1.54) is 0 Å². The first-order valence-electron chi connectivity index (χ1n) is 13.0. The number of hydrogen-bond acceptors (Lipinski definition) is 7. The summed E-state index contributed by atoms with van der Waals surface area (Å²) in [6, 6.07) is 0. The van der Waals surface area contributed by atoms with Crippen molar-refractivity contribution in [3.05, 3.63) is 10.4 Å². The van der Waals surface area contributed by atoms with Crippen molar-refractivity contribution in [2.45, 2.75) is 92.6 Å². The Kier molecular flexibility index (Phi) is 10.0. The van der Waals surface area contributed by atoms with Crippen molar-refractivity contribution in [2.24, 2.45) is 46.5 Å². The van der Waals surface area contributed by atoms with Crippen LogP contribution in [0.25, 0.3) is 10.4 Å². The smallest absolute Gasteiger partial charge is 0.163 e. The van der Waals surface area contributed by atoms with E-state index >= 15 is 0 Å². The van der Waals surface area contributed by atoms with Crippen LogP contribution in [-0.2, 0) is 28.4 Å². The molecular weight excluding hydrogens is 438 g/mol. The zero-order chi connectivity index (χ0) is 25.0. The molecule has 3 aliphatic rings. The third-order valence-electron chi connectivity index (χ3n) is 8.64. The van der Waals surface area contributed by atoms with Crippen LogP contribution in [0, 0.1) is 41.4 Å². The Morgan fingerprint density at radius 3 is 2.15 bits per heavy atom. The minimum absolute atomic E-state index is 0.00968. The molecule has 0 spiro atoms. The lowest BCUT2D eigenvalue weighted by Crippen LogP contribution is -2.55. The second-order valence-electron chi connectivity index (χ2n) is 10.8. The molecule has 34 heavy (non-hydrogen) atoms. The standard InChI is InChI=1S/C25H45N3O6/c1-13-11-30-24(16(4)14(13)2)34-22-18(6)20(8)32-25(19(22)7)33-21-12-31-23(17(5)15(21)3)29-10-9-27-28-26/h13-25H,9-12H2,1-8H3/t13-,14?,15?,16+,17+,18-,19+,20?,21-,22?,23-,24-,25+/m1/s1. The van der Waals surface area contributed by atoms with Crippen LogP contribution in [0.5, 0.6) is 0 Å². The maximum Gasteiger partial charge on any atom is 0.163 e. The van der Waals surface area contributed by atoms with Crippen LogP contribution in [0.1, 0.15) is 55.4 Å². The van der Waals surface area contributed by atoms with Gasteiger partial charge >= 0.3 is 0 Å². The molecule has 0 radical (unpaired) electrons. The van der Waals surface area contributed by atoms with Crippen LogP contribution in [0.3, 0.4) is 0 Å². The SMILES string of the molecule is CC1O[C@@H](O[C@@H]2CO[C@@H](OCCN=[N+]=[N-])[C@@H](C)C2C)[C@@H](C)C(O[C@H]2OC[C@@H](C)C(C)[C@@H]2C)[C@@H]1C. The number of ether oxygens (including phenoxy) is 6. The first-order valence-corrected chi connectivity index (χ1v) is 13.0. The highest BCUT2D eigenvalue weighted by Crippen LogP contribution is 2.39. The first-order chi connectivity index (χ1) is 16.1. The van der Waals surface area contributed by atoms with Gasteiger partial charge in [-0.15, -0.1) is 0 Å². The molecule has 0 aliphatic carbocycles. The Balaban J connectivity index is 1.59. The molecule has 9 nitrogen and oxygen atoms in total. The molecular formula is C25H45N3O6. The summed E-state index contributed by atoms with van der Waals surface area (Å²) in [7, 11) is 0. The highest BCUT2D eigenvalue weighted by Gasteiger charge is 2.46. The molecule has 0 saturated carbocycles. The summed E-state index contributed by atoms with van der Waals surface area (Å²) in [5, 5.41) is 3.51. The largest absolute Gasteiger partial charge is 0.352 e. The summed E-state index contributed by atoms with van der Waals surface area (Å²) in [6.45, 7) is 19.3. The van der Waals surface area contributed by atoms with Crippen LogP contribution in [-0.4, -0.2) is 63.5 Å². The molecule has 9 heteroatoms. The van der Waals surface area contributed by atoms with Gasteiger partial charge < -0.3 is 28.4 Å². The van der Waals surface area contributed by atoms with Crippen molar-refractivity contribution >= 4 is 0 Å². The first kappa shape index (κ1) is 27.7. The fourth-order valence-electron chi connectivity index (χ4n) is 5.27. The molecule has 4 unspecified atom stereocenters. The zero-order valence-electron chi connectivity index (χ0n) is 22.1. The Labute approximate surface area is 204 Å². The average molecular weight is 484 g/mol. The van der Waals surface area contributed by atoms with E-state index in [0.29, 0.717) is 37.5 Å². The molecule has 0 aromatic carbocycles. The van der Waals surface area contributed by atoms with Crippen molar-refractivity contribution in [1.82, 2.24) is 0 Å². The Morgan fingerprint density at radius 2 is 1.44 bits per heavy atom. The zero-order valence-corrected chi connectivity index (χ0v) is 22.1. The number of nitrogens with zero attached hydrogens (tertiary/aromatic N) is 3. The van der Waals surface area contributed by atoms with E-state index < -0.39 is 0 Å². The van der Waals surface area contributed by atoms with E-state index in [2.05, 4.69) is 65.4 Å². The van der Waals surface area contributed by atoms with Gasteiger partial charge in [0.1, 0.15) is 0 Å². The lowest BCUT2D eigenvalue weighted by Gasteiger charge is -2.48. The summed E-state index contributed by atoms with van der Waals surface area (Å²) < 4.78 is 37.4. The van der Waals surface area contributed by atoms with E-state index in [1.54, 1.807) is 0 Å². The lowest BCUT2D eigenvalue weighted by atomic mass is 9.82. The van der Waals surface area contributed by atoms with Crippen molar-refractivity contribution in [2.75, 3.05) is 26.4 Å². The van der Waals surface area contributed by atoms with Gasteiger partial charge in [-0.25, -0.2) is 0 Å². The summed E-state index contributed by atoms with van der Waals surface area (Å²) in [5.74, 6) is 2.06. The number of hydrogen-bond donors (Lipinski definition) is 0. The molecule has 3 saturated heterocycles. The highest BCUT2D eigenvalue weighted by atomic mass is 16.7. The Bertz CT molecular complexity index is 692. The highest BCUT2D eigenvalue weighted by molar-refractivity contribution is 4.88. The van der Waals surface area contributed by atoms with Gasteiger partial charge in [-0.3, -0.25) is 0 Å². The van der Waals surface area contributed by atoms with E-state index in [1.807, 2.05) is 0 Å². The van der Waals surface area contributed by atoms with Crippen molar-refractivity contribution in [3.63, 3.8) is 0 Å². The summed E-state index contributed by atoms with van der Waals surface area (Å²) in [5.41, 5.74) is 8.42. The van der Waals surface area contributed by atoms with Crippen molar-refractivity contribution in [1.29, 1.82) is 0 Å². The normalized spacial score (nSPS) is 47.7. The van der Waals surface area contributed by atoms with E-state index in [9.17, 15) is 0 Å². The maximum atomic E-state index is 8.42. The van der Waals surface area contributed by atoms with Gasteiger partial charge in [0.05, 0.1) is 38.1 Å². The second kappa shape index (κ2) is 12.3. The van der Waals surface area contributed by atoms with Gasteiger partial charge in [-0.2, -0.15) is 0 Å². The number of azide groups is 1. The Hall–Kier alpha value is -0.930. The van der Waals surface area contributed by atoms with E-state index in [0.717, 1.165) is 6.61 Å². The molecule has 196 valence electrons. The molecule has 3 rings (SSSR count). The quantitative estimate of drug-likeness (QED) is 0.208. The van der Waals surface area contributed by atoms with Gasteiger partial charge in [0.15, 0.2) is 18.9 Å². The van der Waals surface area contributed by atoms with E-state index in [-0.39, 0.29) is 60.9 Å². The predicted molar refractivity (Wildman–Crippen MR) is 128 cm³/mol. The molecule has 0 aromatic heterocycles. The molecule has 0 N–H and O–H groups in total. The molecule has 0 bridgehead atoms. The fraction of sp³-hybridized carbons (Fsp3) is 1.00. The number of rotatable bonds is 8. The predicted octanol–water partition coefficient (Wildman–Crippen LogP) is 4.99. The van der Waals surface area contributed by atoms with Gasteiger partial charge in [-0.05, 0) is 30.2 Å². The van der Waals surface area contributed by atoms with Crippen LogP contribution >= 0.6 is 0 Å². The van der Waals surface area contributed by atoms with Gasteiger partial charge in [0.2, 0.25) is 0 Å². The van der Waals surface area contributed by atoms with Crippen LogP contribution < -0.4 is 0 Å². The monoisotopic (exact) mass is 483 g/mol. The van der Waals surface area contributed by atoms with Crippen LogP contribution in [0.15, 0.2) is 5.11 Å². The summed E-state index contributed by atoms with van der Waals surface area (Å²) in [4.78, 5) is 2.75. The van der Waals surface area contributed by atoms with Crippen molar-refractivity contribution in [3.8, 4) is 0 Å². The minimum atomic E-state index is -0.378. The maximum absolute atomic E-state index is 8.42. The Morgan fingerprint density at radius 1 is 0.765 bits per heavy atom. The summed E-state index contributed by atoms with van der Waals surface area (Å²) >= 11 is 0. The summed E-state index contributed by atoms with van der Waals surface area (Å²) in [6.07, 6.45) is -1.03. The average Bonchev–Trinajstić information content (AvgIpc) is 2.81. The van der Waals surface area contributed by atoms with Gasteiger partial charge in [-0.1, -0.05) is 53.6 Å². The molecule has 3 aliphatic heterocycles. The minimum Gasteiger partial charge on any atom is -0.352 e. The molecule has 3 heterocycles. The topological polar surface area (TPSA) is 104 Å². The molecule has 3 fully saturated rings. The molecule has 13 atom stereocenters. The van der Waals surface area contributed by atoms with E-state index in [4.69, 9.17) is 34.0 Å². The van der Waals surface area contributed by atoms with Crippen molar-refractivity contribution < 1.29 is 28.4 Å². The van der Waals surface area contributed by atoms with Crippen LogP contribution in [0.2, 0.25) is 0 Å². The van der Waals surface area contributed by atoms with Gasteiger partial charge in [0.25, 0.3) is 0 Å². The van der Waals surface area contributed by atoms with Gasteiger partial charge in [0, 0.05) is 35.1 Å². The third kappa shape index (κ3) is 6.25. The second-order valence-corrected chi connectivity index (χ2v) is 10.8. The van der Waals surface area contributed by atoms with Crippen LogP contribution in [0.4, 0.5) is 0 Å².